The molecule has 116 valence electrons. The highest BCUT2D eigenvalue weighted by Crippen LogP contribution is 2.37. The largest absolute Gasteiger partial charge is 0.478 e. The predicted octanol–water partition coefficient (Wildman–Crippen LogP) is 2.24. The Balaban J connectivity index is 1.70. The van der Waals surface area contributed by atoms with Crippen LogP contribution in [-0.4, -0.2) is 42.8 Å². The second-order valence-electron chi connectivity index (χ2n) is 6.37. The van der Waals surface area contributed by atoms with Gasteiger partial charge in [-0.1, -0.05) is 6.92 Å². The average molecular weight is 290 g/mol. The van der Waals surface area contributed by atoms with E-state index in [1.165, 1.54) is 32.2 Å². The molecule has 5 nitrogen and oxygen atoms in total. The molecule has 5 heteroatoms. The molecule has 2 aliphatic heterocycles. The van der Waals surface area contributed by atoms with Crippen molar-refractivity contribution < 1.29 is 4.74 Å². The van der Waals surface area contributed by atoms with Gasteiger partial charge in [0.15, 0.2) is 0 Å². The molecule has 0 bridgehead atoms. The molecular formula is C16H26N4O. The van der Waals surface area contributed by atoms with Crippen LogP contribution in [-0.2, 0) is 0 Å². The first-order chi connectivity index (χ1) is 10.3. The molecule has 1 spiro atoms. The topological polar surface area (TPSA) is 50.3 Å². The second kappa shape index (κ2) is 6.60. The molecule has 1 aromatic rings. The van der Waals surface area contributed by atoms with Crippen LogP contribution in [0.25, 0.3) is 0 Å². The van der Waals surface area contributed by atoms with E-state index in [0.717, 1.165) is 31.9 Å². The molecular weight excluding hydrogens is 264 g/mol. The molecule has 3 rings (SSSR count). The van der Waals surface area contributed by atoms with E-state index in [0.29, 0.717) is 17.9 Å². The summed E-state index contributed by atoms with van der Waals surface area (Å²) in [6.45, 7) is 7.32. The number of ether oxygens (including phenoxy) is 1. The molecule has 0 amide bonds. The highest BCUT2D eigenvalue weighted by Gasteiger charge is 2.36. The Bertz CT molecular complexity index is 454. The maximum absolute atomic E-state index is 5.63. The van der Waals surface area contributed by atoms with Crippen LogP contribution in [0.2, 0.25) is 0 Å². The van der Waals surface area contributed by atoms with Gasteiger partial charge in [0.05, 0.1) is 6.61 Å². The van der Waals surface area contributed by atoms with Crippen LogP contribution in [0, 0.1) is 5.41 Å². The Kier molecular flexibility index (Phi) is 4.58. The minimum atomic E-state index is 0.436. The predicted molar refractivity (Wildman–Crippen MR) is 83.8 cm³/mol. The van der Waals surface area contributed by atoms with Crippen LogP contribution < -0.4 is 15.0 Å². The fourth-order valence-corrected chi connectivity index (χ4v) is 3.57. The van der Waals surface area contributed by atoms with Gasteiger partial charge in [-0.3, -0.25) is 0 Å². The van der Waals surface area contributed by atoms with Gasteiger partial charge in [0.25, 0.3) is 0 Å². The fourth-order valence-electron chi connectivity index (χ4n) is 3.57. The molecule has 2 fully saturated rings. The average Bonchev–Trinajstić information content (AvgIpc) is 2.54. The molecule has 0 aromatic carbocycles. The third-order valence-corrected chi connectivity index (χ3v) is 4.63. The number of hydrogen-bond donors (Lipinski definition) is 1. The number of nitrogens with one attached hydrogen (secondary N) is 1. The number of aromatic nitrogens is 2. The van der Waals surface area contributed by atoms with Crippen LogP contribution in [0.3, 0.4) is 0 Å². The van der Waals surface area contributed by atoms with E-state index in [1.54, 1.807) is 6.33 Å². The van der Waals surface area contributed by atoms with E-state index in [9.17, 15) is 0 Å². The summed E-state index contributed by atoms with van der Waals surface area (Å²) >= 11 is 0. The normalized spacial score (nSPS) is 26.0. The van der Waals surface area contributed by atoms with Gasteiger partial charge in [-0.15, -0.1) is 0 Å². The van der Waals surface area contributed by atoms with Gasteiger partial charge in [0.1, 0.15) is 12.1 Å². The monoisotopic (exact) mass is 290 g/mol. The van der Waals surface area contributed by atoms with Crippen molar-refractivity contribution >= 4 is 5.82 Å². The first-order valence-electron chi connectivity index (χ1n) is 8.22. The zero-order valence-electron chi connectivity index (χ0n) is 13.0. The minimum absolute atomic E-state index is 0.436. The Morgan fingerprint density at radius 3 is 3.05 bits per heavy atom. The molecule has 1 aromatic heterocycles. The first kappa shape index (κ1) is 14.6. The molecule has 0 aliphatic carbocycles. The van der Waals surface area contributed by atoms with Gasteiger partial charge < -0.3 is 15.0 Å². The molecule has 1 atom stereocenters. The molecule has 1 unspecified atom stereocenters. The van der Waals surface area contributed by atoms with Crippen molar-refractivity contribution in [3.63, 3.8) is 0 Å². The van der Waals surface area contributed by atoms with Crippen molar-refractivity contribution in [1.82, 2.24) is 15.3 Å². The Morgan fingerprint density at radius 1 is 1.33 bits per heavy atom. The molecule has 1 N–H and O–H groups in total. The molecule has 3 heterocycles. The van der Waals surface area contributed by atoms with Crippen LogP contribution in [0.15, 0.2) is 12.4 Å². The SMILES string of the molecule is CCCOc1cc(N2CCCC3(CCCNC3)C2)ncn1. The lowest BCUT2D eigenvalue weighted by Gasteiger charge is -2.45. The lowest BCUT2D eigenvalue weighted by Crippen LogP contribution is -2.51. The Labute approximate surface area is 127 Å². The number of hydrogen-bond acceptors (Lipinski definition) is 5. The van der Waals surface area contributed by atoms with Crippen LogP contribution >= 0.6 is 0 Å². The van der Waals surface area contributed by atoms with E-state index >= 15 is 0 Å². The van der Waals surface area contributed by atoms with E-state index in [2.05, 4.69) is 27.1 Å². The molecule has 0 radical (unpaired) electrons. The summed E-state index contributed by atoms with van der Waals surface area (Å²) in [5.74, 6) is 1.71. The van der Waals surface area contributed by atoms with Crippen LogP contribution in [0.1, 0.15) is 39.0 Å². The molecule has 2 aliphatic rings. The van der Waals surface area contributed by atoms with Gasteiger partial charge in [-0.2, -0.15) is 0 Å². The standard InChI is InChI=1S/C16H26N4O/c1-2-9-21-15-10-14(18-13-19-15)20-8-4-6-16(12-20)5-3-7-17-11-16/h10,13,17H,2-9,11-12H2,1H3. The van der Waals surface area contributed by atoms with Crippen molar-refractivity contribution in [2.75, 3.05) is 37.7 Å². The maximum atomic E-state index is 5.63. The number of anilines is 1. The molecule has 21 heavy (non-hydrogen) atoms. The minimum Gasteiger partial charge on any atom is -0.478 e. The molecule has 2 saturated heterocycles. The van der Waals surface area contributed by atoms with Gasteiger partial charge in [0, 0.05) is 31.1 Å². The highest BCUT2D eigenvalue weighted by molar-refractivity contribution is 5.41. The van der Waals surface area contributed by atoms with E-state index in [1.807, 2.05) is 6.07 Å². The summed E-state index contributed by atoms with van der Waals surface area (Å²) in [5.41, 5.74) is 0.436. The summed E-state index contributed by atoms with van der Waals surface area (Å²) in [7, 11) is 0. The maximum Gasteiger partial charge on any atom is 0.218 e. The third-order valence-electron chi connectivity index (χ3n) is 4.63. The molecule has 0 saturated carbocycles. The van der Waals surface area contributed by atoms with Crippen molar-refractivity contribution in [2.24, 2.45) is 5.41 Å². The van der Waals surface area contributed by atoms with Gasteiger partial charge in [-0.25, -0.2) is 9.97 Å². The van der Waals surface area contributed by atoms with Crippen LogP contribution in [0.5, 0.6) is 5.88 Å². The van der Waals surface area contributed by atoms with Crippen molar-refractivity contribution in [3.05, 3.63) is 12.4 Å². The number of piperidine rings is 2. The number of nitrogens with zero attached hydrogens (tertiary/aromatic N) is 3. The van der Waals surface area contributed by atoms with Crippen molar-refractivity contribution in [2.45, 2.75) is 39.0 Å². The summed E-state index contributed by atoms with van der Waals surface area (Å²) in [4.78, 5) is 11.1. The smallest absolute Gasteiger partial charge is 0.218 e. The third kappa shape index (κ3) is 3.46. The lowest BCUT2D eigenvalue weighted by atomic mass is 9.74. The highest BCUT2D eigenvalue weighted by atomic mass is 16.5. The Hall–Kier alpha value is -1.36. The van der Waals surface area contributed by atoms with Gasteiger partial charge in [0.2, 0.25) is 5.88 Å². The fraction of sp³-hybridized carbons (Fsp3) is 0.750. The summed E-state index contributed by atoms with van der Waals surface area (Å²) < 4.78 is 5.63. The van der Waals surface area contributed by atoms with Gasteiger partial charge in [-0.05, 0) is 38.6 Å². The second-order valence-corrected chi connectivity index (χ2v) is 6.37. The zero-order valence-corrected chi connectivity index (χ0v) is 13.0. The lowest BCUT2D eigenvalue weighted by molar-refractivity contribution is 0.172. The van der Waals surface area contributed by atoms with Crippen molar-refractivity contribution in [1.29, 1.82) is 0 Å². The quantitative estimate of drug-likeness (QED) is 0.921. The summed E-state index contributed by atoms with van der Waals surface area (Å²) in [5, 5.41) is 3.57. The number of rotatable bonds is 4. The zero-order chi connectivity index (χ0) is 14.5. The van der Waals surface area contributed by atoms with Crippen LogP contribution in [0.4, 0.5) is 5.82 Å². The van der Waals surface area contributed by atoms with E-state index < -0.39 is 0 Å². The summed E-state index contributed by atoms with van der Waals surface area (Å²) in [6, 6.07) is 1.99. The van der Waals surface area contributed by atoms with Crippen molar-refractivity contribution in [3.8, 4) is 5.88 Å². The van der Waals surface area contributed by atoms with E-state index in [-0.39, 0.29) is 0 Å². The first-order valence-corrected chi connectivity index (χ1v) is 8.22. The Morgan fingerprint density at radius 2 is 2.24 bits per heavy atom. The summed E-state index contributed by atoms with van der Waals surface area (Å²) in [6.07, 6.45) is 7.83. The van der Waals surface area contributed by atoms with Gasteiger partial charge >= 0.3 is 0 Å². The van der Waals surface area contributed by atoms with E-state index in [4.69, 9.17) is 4.74 Å².